The van der Waals surface area contributed by atoms with Crippen LogP contribution in [0.1, 0.15) is 5.56 Å². The van der Waals surface area contributed by atoms with Crippen molar-refractivity contribution < 1.29 is 57.8 Å². The van der Waals surface area contributed by atoms with E-state index in [9.17, 15) is 53.0 Å². The zero-order valence-electron chi connectivity index (χ0n) is 15.5. The number of hydrogen-bond acceptors (Lipinski definition) is 4. The maximum Gasteiger partial charge on any atom is 0.573 e. The molecule has 5 nitrogen and oxygen atoms in total. The van der Waals surface area contributed by atoms with E-state index in [2.05, 4.69) is 4.74 Å². The fourth-order valence-corrected chi connectivity index (χ4v) is 3.87. The highest BCUT2D eigenvalue weighted by Crippen LogP contribution is 2.50. The second-order valence-corrected chi connectivity index (χ2v) is 8.16. The van der Waals surface area contributed by atoms with Gasteiger partial charge in [0.2, 0.25) is 0 Å². The van der Waals surface area contributed by atoms with Gasteiger partial charge in [0.25, 0.3) is 15.6 Å². The van der Waals surface area contributed by atoms with Crippen LogP contribution < -0.4 is 9.04 Å². The molecule has 0 aliphatic rings. The van der Waals surface area contributed by atoms with Gasteiger partial charge < -0.3 is 9.84 Å². The Morgan fingerprint density at radius 3 is 1.72 bits per heavy atom. The molecule has 0 aromatic heterocycles. The molecule has 0 unspecified atom stereocenters. The van der Waals surface area contributed by atoms with Gasteiger partial charge in [0, 0.05) is 12.6 Å². The maximum absolute atomic E-state index is 13.0. The molecule has 0 amide bonds. The van der Waals surface area contributed by atoms with Gasteiger partial charge in [0.05, 0.1) is 5.69 Å². The van der Waals surface area contributed by atoms with Gasteiger partial charge >= 0.3 is 18.7 Å². The van der Waals surface area contributed by atoms with Crippen LogP contribution in [0.4, 0.5) is 45.2 Å². The van der Waals surface area contributed by atoms with E-state index in [1.807, 2.05) is 0 Å². The first-order chi connectivity index (χ1) is 14.3. The van der Waals surface area contributed by atoms with E-state index in [1.165, 1.54) is 0 Å². The molecule has 15 heteroatoms. The molecule has 0 saturated carbocycles. The molecule has 178 valence electrons. The van der Waals surface area contributed by atoms with Crippen molar-refractivity contribution in [3.05, 3.63) is 54.1 Å². The highest BCUT2D eigenvalue weighted by molar-refractivity contribution is 7.92. The maximum atomic E-state index is 13.0. The van der Waals surface area contributed by atoms with Gasteiger partial charge in [0.1, 0.15) is 10.6 Å². The van der Waals surface area contributed by atoms with Crippen molar-refractivity contribution in [3.8, 4) is 5.75 Å². The molecular formula is C17H12F9NO4S. The van der Waals surface area contributed by atoms with Crippen LogP contribution in [0.3, 0.4) is 0 Å². The van der Waals surface area contributed by atoms with E-state index in [4.69, 9.17) is 0 Å². The monoisotopic (exact) mass is 497 g/mol. The predicted molar refractivity (Wildman–Crippen MR) is 91.2 cm³/mol. The quantitative estimate of drug-likeness (QED) is 0.608. The van der Waals surface area contributed by atoms with Crippen molar-refractivity contribution in [2.45, 2.75) is 29.2 Å². The summed E-state index contributed by atoms with van der Waals surface area (Å²) in [5, 5.41) is 9.36. The Balaban J connectivity index is 2.49. The summed E-state index contributed by atoms with van der Waals surface area (Å²) in [5.41, 5.74) is -7.39. The van der Waals surface area contributed by atoms with Crippen LogP contribution in [-0.4, -0.2) is 39.3 Å². The number of sulfonamides is 1. The summed E-state index contributed by atoms with van der Waals surface area (Å²) >= 11 is 0. The van der Waals surface area contributed by atoms with Crippen molar-refractivity contribution in [3.63, 3.8) is 0 Å². The third-order valence-electron chi connectivity index (χ3n) is 4.18. The van der Waals surface area contributed by atoms with E-state index in [0.717, 1.165) is 25.2 Å². The number of para-hydroxylation sites is 1. The molecule has 0 saturated heterocycles. The van der Waals surface area contributed by atoms with Crippen molar-refractivity contribution in [1.29, 1.82) is 0 Å². The number of alkyl halides is 9. The van der Waals surface area contributed by atoms with Crippen molar-refractivity contribution in [1.82, 2.24) is 0 Å². The van der Waals surface area contributed by atoms with Gasteiger partial charge in [-0.2, -0.15) is 26.3 Å². The molecule has 2 aromatic carbocycles. The van der Waals surface area contributed by atoms with Gasteiger partial charge in [-0.3, -0.25) is 4.31 Å². The second kappa shape index (κ2) is 8.03. The van der Waals surface area contributed by atoms with Crippen LogP contribution in [0.25, 0.3) is 0 Å². The molecule has 0 atom stereocenters. The smallest absolute Gasteiger partial charge is 0.404 e. The molecule has 32 heavy (non-hydrogen) atoms. The standard InChI is InChI=1S/C17H12F9NO4S/c1-27(32(29,30)13-5-3-2-4-12(13)31-17(24,25)26)11-8-6-10(7-9-11)14(28,15(18,19)20)16(21,22)23/h2-9,28H,1H3. The molecule has 0 aliphatic carbocycles. The van der Waals surface area contributed by atoms with Crippen LogP contribution in [0, 0.1) is 0 Å². The van der Waals surface area contributed by atoms with Crippen molar-refractivity contribution >= 4 is 15.7 Å². The van der Waals surface area contributed by atoms with E-state index in [1.54, 1.807) is 0 Å². The molecule has 0 heterocycles. The summed E-state index contributed by atoms with van der Waals surface area (Å²) in [6, 6.07) is 4.99. The average molecular weight is 497 g/mol. The molecule has 0 bridgehead atoms. The van der Waals surface area contributed by atoms with Gasteiger partial charge in [0.15, 0.2) is 0 Å². The van der Waals surface area contributed by atoms with E-state index < -0.39 is 56.2 Å². The number of aliphatic hydroxyl groups is 1. The van der Waals surface area contributed by atoms with E-state index in [0.29, 0.717) is 22.5 Å². The topological polar surface area (TPSA) is 66.8 Å². The molecule has 0 radical (unpaired) electrons. The number of benzene rings is 2. The number of nitrogens with zero attached hydrogens (tertiary/aromatic N) is 1. The SMILES string of the molecule is CN(c1ccc(C(O)(C(F)(F)F)C(F)(F)F)cc1)S(=O)(=O)c1ccccc1OC(F)(F)F. The van der Waals surface area contributed by atoms with Crippen LogP contribution in [0.15, 0.2) is 53.4 Å². The number of hydrogen-bond donors (Lipinski definition) is 1. The normalized spacial score (nSPS) is 13.7. The summed E-state index contributed by atoms with van der Waals surface area (Å²) in [5.74, 6) is -1.10. The van der Waals surface area contributed by atoms with Crippen LogP contribution in [0.2, 0.25) is 0 Å². The first-order valence-corrected chi connectivity index (χ1v) is 9.56. The number of rotatable bonds is 5. The molecular weight excluding hydrogens is 485 g/mol. The number of halogens is 9. The van der Waals surface area contributed by atoms with Gasteiger partial charge in [-0.05, 0) is 24.3 Å². The zero-order chi connectivity index (χ0) is 24.8. The highest BCUT2D eigenvalue weighted by atomic mass is 32.2. The van der Waals surface area contributed by atoms with Crippen LogP contribution in [0.5, 0.6) is 5.75 Å². The van der Waals surface area contributed by atoms with Crippen LogP contribution >= 0.6 is 0 Å². The minimum atomic E-state index is -6.15. The minimum absolute atomic E-state index is 0.195. The first-order valence-electron chi connectivity index (χ1n) is 8.12. The Labute approximate surface area is 174 Å². The summed E-state index contributed by atoms with van der Waals surface area (Å²) in [6.45, 7) is 0. The number of ether oxygens (including phenoxy) is 1. The van der Waals surface area contributed by atoms with E-state index in [-0.39, 0.29) is 12.1 Å². The van der Waals surface area contributed by atoms with Gasteiger partial charge in [-0.1, -0.05) is 24.3 Å². The third-order valence-corrected chi connectivity index (χ3v) is 6.01. The largest absolute Gasteiger partial charge is 0.573 e. The van der Waals surface area contributed by atoms with Gasteiger partial charge in [-0.25, -0.2) is 8.42 Å². The fraction of sp³-hybridized carbons (Fsp3) is 0.294. The Hall–Kier alpha value is -2.68. The molecule has 0 aliphatic heterocycles. The van der Waals surface area contributed by atoms with Crippen LogP contribution in [-0.2, 0) is 15.6 Å². The lowest BCUT2D eigenvalue weighted by Gasteiger charge is -2.33. The predicted octanol–water partition coefficient (Wildman–Crippen LogP) is 4.72. The molecule has 1 N–H and O–H groups in total. The van der Waals surface area contributed by atoms with Crippen molar-refractivity contribution in [2.75, 3.05) is 11.4 Å². The average Bonchev–Trinajstić information content (AvgIpc) is 2.64. The lowest BCUT2D eigenvalue weighted by molar-refractivity contribution is -0.376. The Bertz CT molecular complexity index is 1050. The Morgan fingerprint density at radius 1 is 0.812 bits per heavy atom. The zero-order valence-corrected chi connectivity index (χ0v) is 16.4. The fourth-order valence-electron chi connectivity index (χ4n) is 2.56. The first kappa shape index (κ1) is 25.6. The second-order valence-electron chi connectivity index (χ2n) is 6.22. The van der Waals surface area contributed by atoms with E-state index >= 15 is 0 Å². The summed E-state index contributed by atoms with van der Waals surface area (Å²) in [7, 11) is -4.00. The lowest BCUT2D eigenvalue weighted by atomic mass is 9.92. The van der Waals surface area contributed by atoms with Crippen molar-refractivity contribution in [2.24, 2.45) is 0 Å². The summed E-state index contributed by atoms with van der Waals surface area (Å²) in [4.78, 5) is -0.967. The molecule has 2 aromatic rings. The Morgan fingerprint density at radius 2 is 1.28 bits per heavy atom. The molecule has 0 fully saturated rings. The Kier molecular flexibility index (Phi) is 6.42. The minimum Gasteiger partial charge on any atom is -0.404 e. The third kappa shape index (κ3) is 4.72. The number of anilines is 1. The summed E-state index contributed by atoms with van der Waals surface area (Å²) in [6.07, 6.45) is -17.6. The molecule has 0 spiro atoms. The lowest BCUT2D eigenvalue weighted by Crippen LogP contribution is -2.53. The summed E-state index contributed by atoms with van der Waals surface area (Å²) < 4.78 is 145. The molecule has 2 rings (SSSR count). The highest BCUT2D eigenvalue weighted by Gasteiger charge is 2.71. The van der Waals surface area contributed by atoms with Gasteiger partial charge in [-0.15, -0.1) is 13.2 Å².